The van der Waals surface area contributed by atoms with Gasteiger partial charge in [-0.05, 0) is 25.5 Å². The summed E-state index contributed by atoms with van der Waals surface area (Å²) in [4.78, 5) is 26.9. The standard InChI is InChI=1S/C16H21N5O2/c1-10-6-11(2)19-15-14(10)16(18-9-17-15)20-12-7-13(22)21(8-12)4-5-23-3/h6,9,12H,4-5,7-8H2,1-3H3,(H,17,18,19,20). The normalized spacial score (nSPS) is 18.0. The Bertz CT molecular complexity index is 734. The average molecular weight is 315 g/mol. The first-order valence-electron chi connectivity index (χ1n) is 7.70. The average Bonchev–Trinajstić information content (AvgIpc) is 2.84. The maximum Gasteiger partial charge on any atom is 0.224 e. The largest absolute Gasteiger partial charge is 0.383 e. The predicted molar refractivity (Wildman–Crippen MR) is 87.3 cm³/mol. The fourth-order valence-electron chi connectivity index (χ4n) is 3.00. The lowest BCUT2D eigenvalue weighted by Gasteiger charge is -2.17. The van der Waals surface area contributed by atoms with E-state index >= 15 is 0 Å². The zero-order valence-corrected chi connectivity index (χ0v) is 13.7. The van der Waals surface area contributed by atoms with Gasteiger partial charge in [0.25, 0.3) is 0 Å². The minimum Gasteiger partial charge on any atom is -0.383 e. The second-order valence-corrected chi connectivity index (χ2v) is 5.88. The minimum atomic E-state index is 0.0400. The number of likely N-dealkylation sites (tertiary alicyclic amines) is 1. The van der Waals surface area contributed by atoms with Crippen LogP contribution in [0.4, 0.5) is 5.82 Å². The van der Waals surface area contributed by atoms with Gasteiger partial charge in [0.05, 0.1) is 18.0 Å². The molecule has 7 heteroatoms. The van der Waals surface area contributed by atoms with Crippen LogP contribution < -0.4 is 5.32 Å². The number of carbonyl (C=O) groups is 1. The van der Waals surface area contributed by atoms with Crippen LogP contribution in [-0.2, 0) is 9.53 Å². The molecule has 3 rings (SSSR count). The molecule has 0 bridgehead atoms. The van der Waals surface area contributed by atoms with Crippen molar-refractivity contribution in [2.75, 3.05) is 32.1 Å². The molecule has 1 saturated heterocycles. The van der Waals surface area contributed by atoms with Gasteiger partial charge in [0.15, 0.2) is 5.65 Å². The molecule has 1 atom stereocenters. The molecule has 3 heterocycles. The highest BCUT2D eigenvalue weighted by molar-refractivity contribution is 5.90. The zero-order valence-electron chi connectivity index (χ0n) is 13.7. The number of rotatable bonds is 5. The van der Waals surface area contributed by atoms with Crippen molar-refractivity contribution in [3.8, 4) is 0 Å². The number of amides is 1. The Morgan fingerprint density at radius 1 is 1.39 bits per heavy atom. The third-order valence-electron chi connectivity index (χ3n) is 4.05. The van der Waals surface area contributed by atoms with Gasteiger partial charge in [-0.15, -0.1) is 0 Å². The number of nitrogens with zero attached hydrogens (tertiary/aromatic N) is 4. The molecule has 1 amide bonds. The molecule has 1 N–H and O–H groups in total. The van der Waals surface area contributed by atoms with E-state index in [-0.39, 0.29) is 11.9 Å². The van der Waals surface area contributed by atoms with E-state index in [1.807, 2.05) is 24.8 Å². The van der Waals surface area contributed by atoms with Crippen LogP contribution in [0.25, 0.3) is 11.0 Å². The van der Waals surface area contributed by atoms with Crippen molar-refractivity contribution in [3.05, 3.63) is 23.7 Å². The Kier molecular flexibility index (Phi) is 4.38. The summed E-state index contributed by atoms with van der Waals surface area (Å²) in [6.45, 7) is 5.81. The van der Waals surface area contributed by atoms with Gasteiger partial charge in [0, 0.05) is 32.3 Å². The molecule has 7 nitrogen and oxygen atoms in total. The van der Waals surface area contributed by atoms with Crippen molar-refractivity contribution in [3.63, 3.8) is 0 Å². The van der Waals surface area contributed by atoms with Crippen molar-refractivity contribution in [1.29, 1.82) is 0 Å². The molecular weight excluding hydrogens is 294 g/mol. The van der Waals surface area contributed by atoms with Crippen molar-refractivity contribution in [1.82, 2.24) is 19.9 Å². The van der Waals surface area contributed by atoms with Gasteiger partial charge in [-0.25, -0.2) is 15.0 Å². The Balaban J connectivity index is 1.81. The van der Waals surface area contributed by atoms with Gasteiger partial charge >= 0.3 is 0 Å². The molecule has 1 fully saturated rings. The molecular formula is C16H21N5O2. The fraction of sp³-hybridized carbons (Fsp3) is 0.500. The number of carbonyl (C=O) groups excluding carboxylic acids is 1. The number of ether oxygens (including phenoxy) is 1. The van der Waals surface area contributed by atoms with E-state index in [4.69, 9.17) is 4.74 Å². The summed E-state index contributed by atoms with van der Waals surface area (Å²) in [7, 11) is 1.64. The summed E-state index contributed by atoms with van der Waals surface area (Å²) in [6.07, 6.45) is 1.98. The van der Waals surface area contributed by atoms with Crippen LogP contribution in [0.2, 0.25) is 0 Å². The second kappa shape index (κ2) is 6.45. The zero-order chi connectivity index (χ0) is 16.4. The number of pyridine rings is 1. The molecule has 2 aromatic rings. The lowest BCUT2D eigenvalue weighted by molar-refractivity contribution is -0.128. The van der Waals surface area contributed by atoms with E-state index < -0.39 is 0 Å². The number of hydrogen-bond acceptors (Lipinski definition) is 6. The molecule has 0 radical (unpaired) electrons. The molecule has 1 unspecified atom stereocenters. The number of fused-ring (bicyclic) bond motifs is 1. The molecule has 1 aliphatic heterocycles. The number of aromatic nitrogens is 3. The van der Waals surface area contributed by atoms with Gasteiger partial charge in [-0.3, -0.25) is 4.79 Å². The van der Waals surface area contributed by atoms with Gasteiger partial charge in [-0.2, -0.15) is 0 Å². The van der Waals surface area contributed by atoms with E-state index in [0.29, 0.717) is 31.8 Å². The first kappa shape index (κ1) is 15.6. The Labute approximate surface area is 135 Å². The Hall–Kier alpha value is -2.28. The van der Waals surface area contributed by atoms with Gasteiger partial charge in [0.2, 0.25) is 5.91 Å². The Morgan fingerprint density at radius 3 is 3.00 bits per heavy atom. The first-order chi connectivity index (χ1) is 11.1. The van der Waals surface area contributed by atoms with Crippen LogP contribution in [0.1, 0.15) is 17.7 Å². The maximum atomic E-state index is 12.0. The third-order valence-corrected chi connectivity index (χ3v) is 4.05. The summed E-state index contributed by atoms with van der Waals surface area (Å²) in [6, 6.07) is 2.06. The van der Waals surface area contributed by atoms with Crippen LogP contribution in [-0.4, -0.2) is 58.6 Å². The second-order valence-electron chi connectivity index (χ2n) is 5.88. The highest BCUT2D eigenvalue weighted by Crippen LogP contribution is 2.24. The van der Waals surface area contributed by atoms with Crippen molar-refractivity contribution in [2.45, 2.75) is 26.3 Å². The molecule has 0 aromatic carbocycles. The highest BCUT2D eigenvalue weighted by atomic mass is 16.5. The molecule has 122 valence electrons. The maximum absolute atomic E-state index is 12.0. The van der Waals surface area contributed by atoms with Crippen LogP contribution in [0.5, 0.6) is 0 Å². The molecule has 2 aromatic heterocycles. The number of methoxy groups -OCH3 is 1. The summed E-state index contributed by atoms with van der Waals surface area (Å²) in [5.41, 5.74) is 2.69. The van der Waals surface area contributed by atoms with Crippen LogP contribution >= 0.6 is 0 Å². The van der Waals surface area contributed by atoms with E-state index in [1.54, 1.807) is 7.11 Å². The predicted octanol–water partition coefficient (Wildman–Crippen LogP) is 1.30. The lowest BCUT2D eigenvalue weighted by Crippen LogP contribution is -2.31. The molecule has 23 heavy (non-hydrogen) atoms. The number of aryl methyl sites for hydroxylation is 2. The minimum absolute atomic E-state index is 0.0400. The molecule has 0 aliphatic carbocycles. The van der Waals surface area contributed by atoms with Crippen LogP contribution in [0.15, 0.2) is 12.4 Å². The fourth-order valence-corrected chi connectivity index (χ4v) is 3.00. The van der Waals surface area contributed by atoms with Gasteiger partial charge < -0.3 is 15.0 Å². The van der Waals surface area contributed by atoms with E-state index in [2.05, 4.69) is 20.3 Å². The lowest BCUT2D eigenvalue weighted by atomic mass is 10.1. The third kappa shape index (κ3) is 3.24. The number of nitrogens with one attached hydrogen (secondary N) is 1. The summed E-state index contributed by atoms with van der Waals surface area (Å²) in [5.74, 6) is 0.884. The van der Waals surface area contributed by atoms with Crippen LogP contribution in [0, 0.1) is 13.8 Å². The summed E-state index contributed by atoms with van der Waals surface area (Å²) in [5, 5.41) is 4.30. The quantitative estimate of drug-likeness (QED) is 0.896. The number of hydrogen-bond donors (Lipinski definition) is 1. The van der Waals surface area contributed by atoms with Crippen molar-refractivity contribution < 1.29 is 9.53 Å². The molecule has 0 spiro atoms. The van der Waals surface area contributed by atoms with Crippen LogP contribution in [0.3, 0.4) is 0 Å². The smallest absolute Gasteiger partial charge is 0.224 e. The topological polar surface area (TPSA) is 80.2 Å². The van der Waals surface area contributed by atoms with E-state index in [9.17, 15) is 4.79 Å². The van der Waals surface area contributed by atoms with E-state index in [1.165, 1.54) is 6.33 Å². The SMILES string of the molecule is COCCN1CC(Nc2ncnc3nc(C)cc(C)c23)CC1=O. The monoisotopic (exact) mass is 315 g/mol. The van der Waals surface area contributed by atoms with Gasteiger partial charge in [-0.1, -0.05) is 0 Å². The summed E-state index contributed by atoms with van der Waals surface area (Å²) >= 11 is 0. The van der Waals surface area contributed by atoms with E-state index in [0.717, 1.165) is 22.5 Å². The van der Waals surface area contributed by atoms with Crippen molar-refractivity contribution >= 4 is 22.8 Å². The number of anilines is 1. The molecule has 0 saturated carbocycles. The Morgan fingerprint density at radius 2 is 2.22 bits per heavy atom. The van der Waals surface area contributed by atoms with Crippen molar-refractivity contribution in [2.24, 2.45) is 0 Å². The summed E-state index contributed by atoms with van der Waals surface area (Å²) < 4.78 is 5.05. The van der Waals surface area contributed by atoms with Gasteiger partial charge in [0.1, 0.15) is 12.1 Å². The first-order valence-corrected chi connectivity index (χ1v) is 7.70. The molecule has 1 aliphatic rings. The highest BCUT2D eigenvalue weighted by Gasteiger charge is 2.29.